The quantitative estimate of drug-likeness (QED) is 0.884. The number of carbonyl (C=O) groups excluding carboxylic acids is 1. The number of amides is 1. The molecule has 0 heterocycles. The normalized spacial score (nSPS) is 10.0. The van der Waals surface area contributed by atoms with Gasteiger partial charge >= 0.3 is 0 Å². The van der Waals surface area contributed by atoms with Crippen molar-refractivity contribution in [3.8, 4) is 11.5 Å². The van der Waals surface area contributed by atoms with E-state index in [1.165, 1.54) is 0 Å². The van der Waals surface area contributed by atoms with Crippen molar-refractivity contribution >= 4 is 23.2 Å². The highest BCUT2D eigenvalue weighted by Gasteiger charge is 2.08. The average Bonchev–Trinajstić information content (AvgIpc) is 2.49. The molecule has 5 heteroatoms. The highest BCUT2D eigenvalue weighted by Crippen LogP contribution is 2.26. The van der Waals surface area contributed by atoms with Crippen molar-refractivity contribution in [3.63, 3.8) is 0 Å². The van der Waals surface area contributed by atoms with Crippen molar-refractivity contribution in [3.05, 3.63) is 53.6 Å². The molecule has 0 spiro atoms. The van der Waals surface area contributed by atoms with Gasteiger partial charge in [-0.1, -0.05) is 35.9 Å². The summed E-state index contributed by atoms with van der Waals surface area (Å²) in [5, 5.41) is 3.18. The summed E-state index contributed by atoms with van der Waals surface area (Å²) >= 11 is 5.98. The fourth-order valence-corrected chi connectivity index (χ4v) is 1.92. The standard InChI is InChI=1S/C16H16ClNO3/c1-2-20-14-9-5-6-10-15(14)21-11-16(19)18-13-8-4-3-7-12(13)17/h3-10H,2,11H2,1H3,(H,18,19). The molecule has 1 N–H and O–H groups in total. The molecule has 0 aliphatic heterocycles. The van der Waals surface area contributed by atoms with Crippen molar-refractivity contribution in [2.75, 3.05) is 18.5 Å². The number of nitrogens with one attached hydrogen (secondary N) is 1. The lowest BCUT2D eigenvalue weighted by molar-refractivity contribution is -0.118. The van der Waals surface area contributed by atoms with E-state index >= 15 is 0 Å². The molecule has 2 aromatic rings. The molecule has 2 rings (SSSR count). The van der Waals surface area contributed by atoms with Gasteiger partial charge in [0.25, 0.3) is 5.91 Å². The van der Waals surface area contributed by atoms with E-state index in [-0.39, 0.29) is 12.5 Å². The molecule has 0 fully saturated rings. The van der Waals surface area contributed by atoms with Crippen LogP contribution < -0.4 is 14.8 Å². The zero-order valence-electron chi connectivity index (χ0n) is 11.6. The first-order valence-electron chi connectivity index (χ1n) is 6.59. The van der Waals surface area contributed by atoms with Gasteiger partial charge in [-0.05, 0) is 31.2 Å². The molecule has 0 unspecified atom stereocenters. The lowest BCUT2D eigenvalue weighted by Gasteiger charge is -2.12. The molecule has 1 amide bonds. The molecule has 2 aromatic carbocycles. The topological polar surface area (TPSA) is 47.6 Å². The minimum absolute atomic E-state index is 0.116. The van der Waals surface area contributed by atoms with Gasteiger partial charge in [0.1, 0.15) is 0 Å². The van der Waals surface area contributed by atoms with Gasteiger partial charge in [-0.25, -0.2) is 0 Å². The van der Waals surface area contributed by atoms with Crippen LogP contribution in [0.4, 0.5) is 5.69 Å². The molecule has 0 atom stereocenters. The van der Waals surface area contributed by atoms with E-state index in [1.54, 1.807) is 36.4 Å². The monoisotopic (exact) mass is 305 g/mol. The number of halogens is 1. The van der Waals surface area contributed by atoms with Gasteiger partial charge in [0.2, 0.25) is 0 Å². The summed E-state index contributed by atoms with van der Waals surface area (Å²) in [5.74, 6) is 0.869. The summed E-state index contributed by atoms with van der Waals surface area (Å²) in [6, 6.07) is 14.3. The molecule has 21 heavy (non-hydrogen) atoms. The molecule has 0 saturated carbocycles. The zero-order chi connectivity index (χ0) is 15.1. The summed E-state index contributed by atoms with van der Waals surface area (Å²) in [4.78, 5) is 11.9. The average molecular weight is 306 g/mol. The van der Waals surface area contributed by atoms with E-state index in [0.29, 0.717) is 28.8 Å². The molecule has 4 nitrogen and oxygen atoms in total. The van der Waals surface area contributed by atoms with E-state index < -0.39 is 0 Å². The number of ether oxygens (including phenoxy) is 2. The second kappa shape index (κ2) is 7.55. The first-order chi connectivity index (χ1) is 10.2. The smallest absolute Gasteiger partial charge is 0.262 e. The van der Waals surface area contributed by atoms with Gasteiger partial charge in [0, 0.05) is 0 Å². The molecule has 0 bridgehead atoms. The fourth-order valence-electron chi connectivity index (χ4n) is 1.74. The Hall–Kier alpha value is -2.20. The van der Waals surface area contributed by atoms with E-state index in [1.807, 2.05) is 19.1 Å². The Bertz CT molecular complexity index is 616. The van der Waals surface area contributed by atoms with Crippen LogP contribution in [0.15, 0.2) is 48.5 Å². The van der Waals surface area contributed by atoms with E-state index in [2.05, 4.69) is 5.32 Å². The SMILES string of the molecule is CCOc1ccccc1OCC(=O)Nc1ccccc1Cl. The molecular weight excluding hydrogens is 290 g/mol. The van der Waals surface area contributed by atoms with Crippen molar-refractivity contribution in [2.24, 2.45) is 0 Å². The number of rotatable bonds is 6. The molecular formula is C16H16ClNO3. The van der Waals surface area contributed by atoms with Gasteiger partial charge in [-0.15, -0.1) is 0 Å². The number of carbonyl (C=O) groups is 1. The van der Waals surface area contributed by atoms with E-state index in [0.717, 1.165) is 0 Å². The number of para-hydroxylation sites is 3. The molecule has 0 aliphatic carbocycles. The fraction of sp³-hybridized carbons (Fsp3) is 0.188. The number of anilines is 1. The van der Waals surface area contributed by atoms with E-state index in [9.17, 15) is 4.79 Å². The Balaban J connectivity index is 1.94. The minimum atomic E-state index is -0.283. The van der Waals surface area contributed by atoms with Crippen LogP contribution in [0.25, 0.3) is 0 Å². The summed E-state index contributed by atoms with van der Waals surface area (Å²) < 4.78 is 10.9. The predicted octanol–water partition coefficient (Wildman–Crippen LogP) is 3.76. The van der Waals surface area contributed by atoms with E-state index in [4.69, 9.17) is 21.1 Å². The maximum Gasteiger partial charge on any atom is 0.262 e. The summed E-state index contributed by atoms with van der Waals surface area (Å²) in [6.45, 7) is 2.31. The Morgan fingerprint density at radius 1 is 1.05 bits per heavy atom. The summed E-state index contributed by atoms with van der Waals surface area (Å²) in [7, 11) is 0. The maximum absolute atomic E-state index is 11.9. The Kier molecular flexibility index (Phi) is 5.46. The van der Waals surface area contributed by atoms with Crippen LogP contribution >= 0.6 is 11.6 Å². The van der Waals surface area contributed by atoms with Crippen LogP contribution in [0, 0.1) is 0 Å². The number of hydrogen-bond acceptors (Lipinski definition) is 3. The molecule has 110 valence electrons. The van der Waals surface area contributed by atoms with Crippen LogP contribution in [0.5, 0.6) is 11.5 Å². The minimum Gasteiger partial charge on any atom is -0.490 e. The third-order valence-corrected chi connectivity index (χ3v) is 2.99. The summed E-state index contributed by atoms with van der Waals surface area (Å²) in [6.07, 6.45) is 0. The lowest BCUT2D eigenvalue weighted by Crippen LogP contribution is -2.20. The Morgan fingerprint density at radius 3 is 2.33 bits per heavy atom. The second-order valence-corrected chi connectivity index (χ2v) is 4.60. The Labute approximate surface area is 128 Å². The third kappa shape index (κ3) is 4.39. The van der Waals surface area contributed by atoms with Gasteiger partial charge in [-0.2, -0.15) is 0 Å². The molecule has 0 radical (unpaired) electrons. The van der Waals surface area contributed by atoms with Crippen LogP contribution in [0.2, 0.25) is 5.02 Å². The second-order valence-electron chi connectivity index (χ2n) is 4.20. The predicted molar refractivity (Wildman–Crippen MR) is 83.2 cm³/mol. The highest BCUT2D eigenvalue weighted by molar-refractivity contribution is 6.33. The van der Waals surface area contributed by atoms with Crippen LogP contribution in [0.1, 0.15) is 6.92 Å². The third-order valence-electron chi connectivity index (χ3n) is 2.66. The van der Waals surface area contributed by atoms with Crippen molar-refractivity contribution < 1.29 is 14.3 Å². The number of benzene rings is 2. The van der Waals surface area contributed by atoms with Crippen LogP contribution in [0.3, 0.4) is 0 Å². The molecule has 0 saturated heterocycles. The summed E-state index contributed by atoms with van der Waals surface area (Å²) in [5.41, 5.74) is 0.561. The largest absolute Gasteiger partial charge is 0.490 e. The first kappa shape index (κ1) is 15.2. The van der Waals surface area contributed by atoms with Gasteiger partial charge in [-0.3, -0.25) is 4.79 Å². The Morgan fingerprint density at radius 2 is 1.67 bits per heavy atom. The van der Waals surface area contributed by atoms with Crippen LogP contribution in [-0.4, -0.2) is 19.1 Å². The van der Waals surface area contributed by atoms with Gasteiger partial charge in [0.05, 0.1) is 17.3 Å². The zero-order valence-corrected chi connectivity index (χ0v) is 12.4. The van der Waals surface area contributed by atoms with Crippen molar-refractivity contribution in [1.29, 1.82) is 0 Å². The first-order valence-corrected chi connectivity index (χ1v) is 6.97. The van der Waals surface area contributed by atoms with Gasteiger partial charge < -0.3 is 14.8 Å². The van der Waals surface area contributed by atoms with Crippen molar-refractivity contribution in [2.45, 2.75) is 6.92 Å². The maximum atomic E-state index is 11.9. The lowest BCUT2D eigenvalue weighted by atomic mass is 10.3. The van der Waals surface area contributed by atoms with Gasteiger partial charge in [0.15, 0.2) is 18.1 Å². The highest BCUT2D eigenvalue weighted by atomic mass is 35.5. The molecule has 0 aromatic heterocycles. The van der Waals surface area contributed by atoms with Crippen molar-refractivity contribution in [1.82, 2.24) is 0 Å². The number of hydrogen-bond donors (Lipinski definition) is 1. The van der Waals surface area contributed by atoms with Crippen LogP contribution in [-0.2, 0) is 4.79 Å². The molecule has 0 aliphatic rings.